The standard InChI is InChI=1S/C16H20N2O2S/c1-2-5-17-13(11-16-18-6-9-21-16)12-3-4-14-15(10-12)20-8-7-19-14/h3-4,6,9-10,13,17H,2,5,7-8,11H2,1H3. The minimum Gasteiger partial charge on any atom is -0.486 e. The van der Waals surface area contributed by atoms with Gasteiger partial charge in [0.25, 0.3) is 0 Å². The molecule has 0 amide bonds. The third-order valence-electron chi connectivity index (χ3n) is 3.47. The Hall–Kier alpha value is -1.59. The van der Waals surface area contributed by atoms with E-state index in [1.165, 1.54) is 5.56 Å². The second kappa shape index (κ2) is 6.91. The van der Waals surface area contributed by atoms with E-state index >= 15 is 0 Å². The van der Waals surface area contributed by atoms with Crippen LogP contribution in [0.4, 0.5) is 0 Å². The number of aromatic nitrogens is 1. The van der Waals surface area contributed by atoms with Gasteiger partial charge < -0.3 is 14.8 Å². The van der Waals surface area contributed by atoms with E-state index in [-0.39, 0.29) is 6.04 Å². The summed E-state index contributed by atoms with van der Waals surface area (Å²) in [5.41, 5.74) is 1.22. The molecule has 2 heterocycles. The highest BCUT2D eigenvalue weighted by Crippen LogP contribution is 2.33. The van der Waals surface area contributed by atoms with Crippen LogP contribution in [-0.2, 0) is 6.42 Å². The Morgan fingerprint density at radius 2 is 2.14 bits per heavy atom. The van der Waals surface area contributed by atoms with Crippen molar-refractivity contribution in [3.8, 4) is 11.5 Å². The quantitative estimate of drug-likeness (QED) is 0.890. The summed E-state index contributed by atoms with van der Waals surface area (Å²) in [7, 11) is 0. The van der Waals surface area contributed by atoms with E-state index < -0.39 is 0 Å². The molecule has 3 rings (SSSR count). The molecule has 0 saturated heterocycles. The first-order valence-corrected chi connectivity index (χ1v) is 8.26. The summed E-state index contributed by atoms with van der Waals surface area (Å²) < 4.78 is 11.3. The second-order valence-corrected chi connectivity index (χ2v) is 6.02. The summed E-state index contributed by atoms with van der Waals surface area (Å²) >= 11 is 1.70. The molecule has 0 fully saturated rings. The van der Waals surface area contributed by atoms with E-state index in [1.54, 1.807) is 11.3 Å². The van der Waals surface area contributed by atoms with Crippen molar-refractivity contribution in [2.45, 2.75) is 25.8 Å². The van der Waals surface area contributed by atoms with Gasteiger partial charge in [-0.1, -0.05) is 13.0 Å². The fraction of sp³-hybridized carbons (Fsp3) is 0.438. The predicted molar refractivity (Wildman–Crippen MR) is 84.3 cm³/mol. The van der Waals surface area contributed by atoms with Gasteiger partial charge in [0.1, 0.15) is 13.2 Å². The van der Waals surface area contributed by atoms with Crippen LogP contribution in [0.2, 0.25) is 0 Å². The van der Waals surface area contributed by atoms with Gasteiger partial charge in [0.2, 0.25) is 0 Å². The lowest BCUT2D eigenvalue weighted by Crippen LogP contribution is -2.24. The molecule has 0 radical (unpaired) electrons. The highest BCUT2D eigenvalue weighted by molar-refractivity contribution is 7.09. The van der Waals surface area contributed by atoms with Crippen LogP contribution in [0.25, 0.3) is 0 Å². The van der Waals surface area contributed by atoms with Crippen molar-refractivity contribution in [3.63, 3.8) is 0 Å². The molecule has 0 spiro atoms. The third kappa shape index (κ3) is 3.54. The van der Waals surface area contributed by atoms with Gasteiger partial charge in [-0.05, 0) is 30.7 Å². The maximum atomic E-state index is 5.69. The van der Waals surface area contributed by atoms with Crippen LogP contribution in [0.5, 0.6) is 11.5 Å². The summed E-state index contributed by atoms with van der Waals surface area (Å²) in [6, 6.07) is 6.47. The number of hydrogen-bond donors (Lipinski definition) is 1. The van der Waals surface area contributed by atoms with Crippen LogP contribution < -0.4 is 14.8 Å². The molecular formula is C16H20N2O2S. The zero-order chi connectivity index (χ0) is 14.5. The molecule has 1 aliphatic rings. The predicted octanol–water partition coefficient (Wildman–Crippen LogP) is 3.20. The molecule has 1 aliphatic heterocycles. The summed E-state index contributed by atoms with van der Waals surface area (Å²) in [6.07, 6.45) is 3.87. The number of nitrogens with zero attached hydrogens (tertiary/aromatic N) is 1. The van der Waals surface area contributed by atoms with E-state index in [2.05, 4.69) is 29.4 Å². The van der Waals surface area contributed by atoms with Gasteiger partial charge in [-0.2, -0.15) is 0 Å². The number of fused-ring (bicyclic) bond motifs is 1. The highest BCUT2D eigenvalue weighted by Gasteiger charge is 2.17. The first kappa shape index (κ1) is 14.4. The Kier molecular flexibility index (Phi) is 4.72. The third-order valence-corrected chi connectivity index (χ3v) is 4.27. The van der Waals surface area contributed by atoms with Crippen LogP contribution in [0.15, 0.2) is 29.8 Å². The zero-order valence-corrected chi connectivity index (χ0v) is 13.0. The molecule has 1 atom stereocenters. The molecule has 5 heteroatoms. The van der Waals surface area contributed by atoms with Crippen molar-refractivity contribution >= 4 is 11.3 Å². The summed E-state index contributed by atoms with van der Waals surface area (Å²) in [5, 5.41) is 6.78. The van der Waals surface area contributed by atoms with E-state index in [0.29, 0.717) is 13.2 Å². The van der Waals surface area contributed by atoms with Crippen LogP contribution in [0.3, 0.4) is 0 Å². The van der Waals surface area contributed by atoms with Crippen molar-refractivity contribution < 1.29 is 9.47 Å². The largest absolute Gasteiger partial charge is 0.486 e. The van der Waals surface area contributed by atoms with Gasteiger partial charge in [-0.15, -0.1) is 11.3 Å². The maximum Gasteiger partial charge on any atom is 0.161 e. The first-order chi connectivity index (χ1) is 10.4. The number of hydrogen-bond acceptors (Lipinski definition) is 5. The lowest BCUT2D eigenvalue weighted by Gasteiger charge is -2.22. The number of thiazole rings is 1. The molecule has 2 aromatic rings. The summed E-state index contributed by atoms with van der Waals surface area (Å²) in [5.74, 6) is 1.69. The Bertz CT molecular complexity index is 572. The monoisotopic (exact) mass is 304 g/mol. The molecular weight excluding hydrogens is 284 g/mol. The molecule has 1 unspecified atom stereocenters. The molecule has 112 valence electrons. The zero-order valence-electron chi connectivity index (χ0n) is 12.2. The molecule has 21 heavy (non-hydrogen) atoms. The molecule has 0 bridgehead atoms. The molecule has 0 aliphatic carbocycles. The SMILES string of the molecule is CCCNC(Cc1nccs1)c1ccc2c(c1)OCCO2. The smallest absolute Gasteiger partial charge is 0.161 e. The molecule has 4 nitrogen and oxygen atoms in total. The Morgan fingerprint density at radius 3 is 2.90 bits per heavy atom. The molecule has 1 aromatic heterocycles. The van der Waals surface area contributed by atoms with Crippen LogP contribution in [0, 0.1) is 0 Å². The van der Waals surface area contributed by atoms with Gasteiger partial charge in [0.15, 0.2) is 11.5 Å². The fourth-order valence-corrected chi connectivity index (χ4v) is 3.09. The minimum absolute atomic E-state index is 0.256. The number of rotatable bonds is 6. The molecule has 1 aromatic carbocycles. The number of nitrogens with one attached hydrogen (secondary N) is 1. The Morgan fingerprint density at radius 1 is 1.29 bits per heavy atom. The Balaban J connectivity index is 1.81. The van der Waals surface area contributed by atoms with Crippen LogP contribution in [0.1, 0.15) is 30.0 Å². The maximum absolute atomic E-state index is 5.69. The molecule has 1 N–H and O–H groups in total. The van der Waals surface area contributed by atoms with Gasteiger partial charge in [-0.3, -0.25) is 0 Å². The number of benzene rings is 1. The number of ether oxygens (including phenoxy) is 2. The normalized spacial score (nSPS) is 14.9. The van der Waals surface area contributed by atoms with Gasteiger partial charge in [-0.25, -0.2) is 4.98 Å². The van der Waals surface area contributed by atoms with E-state index in [4.69, 9.17) is 9.47 Å². The topological polar surface area (TPSA) is 43.4 Å². The van der Waals surface area contributed by atoms with E-state index in [0.717, 1.165) is 35.9 Å². The van der Waals surface area contributed by atoms with Crippen molar-refractivity contribution in [3.05, 3.63) is 40.3 Å². The van der Waals surface area contributed by atoms with E-state index in [1.807, 2.05) is 17.6 Å². The average Bonchev–Trinajstić information content (AvgIpc) is 3.04. The Labute approximate surface area is 129 Å². The van der Waals surface area contributed by atoms with Gasteiger partial charge in [0.05, 0.1) is 5.01 Å². The van der Waals surface area contributed by atoms with Gasteiger partial charge in [0, 0.05) is 24.0 Å². The van der Waals surface area contributed by atoms with E-state index in [9.17, 15) is 0 Å². The lowest BCUT2D eigenvalue weighted by molar-refractivity contribution is 0.171. The van der Waals surface area contributed by atoms with Crippen LogP contribution >= 0.6 is 11.3 Å². The average molecular weight is 304 g/mol. The summed E-state index contributed by atoms with van der Waals surface area (Å²) in [6.45, 7) is 4.42. The minimum atomic E-state index is 0.256. The summed E-state index contributed by atoms with van der Waals surface area (Å²) in [4.78, 5) is 4.40. The van der Waals surface area contributed by atoms with Crippen molar-refractivity contribution in [1.29, 1.82) is 0 Å². The lowest BCUT2D eigenvalue weighted by atomic mass is 10.0. The van der Waals surface area contributed by atoms with Crippen molar-refractivity contribution in [2.24, 2.45) is 0 Å². The molecule has 0 saturated carbocycles. The van der Waals surface area contributed by atoms with Crippen molar-refractivity contribution in [2.75, 3.05) is 19.8 Å². The second-order valence-electron chi connectivity index (χ2n) is 5.04. The van der Waals surface area contributed by atoms with Crippen LogP contribution in [-0.4, -0.2) is 24.7 Å². The first-order valence-electron chi connectivity index (χ1n) is 7.38. The van der Waals surface area contributed by atoms with Gasteiger partial charge >= 0.3 is 0 Å². The van der Waals surface area contributed by atoms with Crippen molar-refractivity contribution in [1.82, 2.24) is 10.3 Å². The highest BCUT2D eigenvalue weighted by atomic mass is 32.1. The fourth-order valence-electron chi connectivity index (χ4n) is 2.43.